The maximum atomic E-state index is 12.9. The molecule has 4 rings (SSSR count). The fourth-order valence-corrected chi connectivity index (χ4v) is 3.34. The second-order valence-corrected chi connectivity index (χ2v) is 7.16. The summed E-state index contributed by atoms with van der Waals surface area (Å²) in [6.45, 7) is 4.67. The van der Waals surface area contributed by atoms with Gasteiger partial charge in [-0.1, -0.05) is 36.4 Å². The Hall–Kier alpha value is -3.21. The SMILES string of the molecule is CC(C)n1ncc2cc(C(=O)N(C)Cc3ccc4ccccc4c3)cnc21. The standard InChI is InChI=1S/C22H22N4O/c1-15(2)26-21-19(13-24-26)11-20(12-23-21)22(27)25(3)14-16-8-9-17-6-4-5-7-18(17)10-16/h4-13,15H,14H2,1-3H3. The summed E-state index contributed by atoms with van der Waals surface area (Å²) in [6.07, 6.45) is 3.41. The monoisotopic (exact) mass is 358 g/mol. The lowest BCUT2D eigenvalue weighted by Crippen LogP contribution is -2.26. The van der Waals surface area contributed by atoms with Gasteiger partial charge in [0.05, 0.1) is 11.8 Å². The number of pyridine rings is 1. The van der Waals surface area contributed by atoms with Crippen LogP contribution in [0.25, 0.3) is 21.8 Å². The van der Waals surface area contributed by atoms with Gasteiger partial charge < -0.3 is 4.90 Å². The van der Waals surface area contributed by atoms with E-state index in [2.05, 4.69) is 54.3 Å². The van der Waals surface area contributed by atoms with E-state index >= 15 is 0 Å². The average Bonchev–Trinajstić information content (AvgIpc) is 3.10. The quantitative estimate of drug-likeness (QED) is 0.542. The third-order valence-electron chi connectivity index (χ3n) is 4.75. The van der Waals surface area contributed by atoms with Crippen LogP contribution in [0.1, 0.15) is 35.8 Å². The van der Waals surface area contributed by atoms with E-state index in [4.69, 9.17) is 0 Å². The van der Waals surface area contributed by atoms with Crippen LogP contribution in [0.15, 0.2) is 60.9 Å². The lowest BCUT2D eigenvalue weighted by atomic mass is 10.1. The molecule has 2 aromatic carbocycles. The smallest absolute Gasteiger partial charge is 0.255 e. The van der Waals surface area contributed by atoms with Crippen molar-refractivity contribution in [1.29, 1.82) is 0 Å². The zero-order valence-corrected chi connectivity index (χ0v) is 15.8. The topological polar surface area (TPSA) is 51.0 Å². The minimum atomic E-state index is -0.0464. The summed E-state index contributed by atoms with van der Waals surface area (Å²) in [6, 6.07) is 16.6. The van der Waals surface area contributed by atoms with E-state index in [0.29, 0.717) is 12.1 Å². The van der Waals surface area contributed by atoms with Crippen LogP contribution in [-0.4, -0.2) is 32.6 Å². The second kappa shape index (κ2) is 6.83. The van der Waals surface area contributed by atoms with Gasteiger partial charge in [0.2, 0.25) is 0 Å². The van der Waals surface area contributed by atoms with Gasteiger partial charge in [-0.2, -0.15) is 5.10 Å². The molecule has 0 bridgehead atoms. The zero-order chi connectivity index (χ0) is 19.0. The number of carbonyl (C=O) groups excluding carboxylic acids is 1. The van der Waals surface area contributed by atoms with Crippen LogP contribution in [-0.2, 0) is 6.54 Å². The minimum Gasteiger partial charge on any atom is -0.337 e. The van der Waals surface area contributed by atoms with E-state index < -0.39 is 0 Å². The van der Waals surface area contributed by atoms with E-state index in [9.17, 15) is 4.79 Å². The Labute approximate surface area is 158 Å². The fourth-order valence-electron chi connectivity index (χ4n) is 3.34. The van der Waals surface area contributed by atoms with Crippen molar-refractivity contribution in [1.82, 2.24) is 19.7 Å². The van der Waals surface area contributed by atoms with Crippen molar-refractivity contribution in [3.05, 3.63) is 72.1 Å². The van der Waals surface area contributed by atoms with Crippen LogP contribution in [0.4, 0.5) is 0 Å². The van der Waals surface area contributed by atoms with E-state index in [1.54, 1.807) is 17.3 Å². The van der Waals surface area contributed by atoms with Gasteiger partial charge in [-0.3, -0.25) is 4.79 Å². The van der Waals surface area contributed by atoms with Crippen LogP contribution < -0.4 is 0 Å². The van der Waals surface area contributed by atoms with Crippen molar-refractivity contribution in [2.24, 2.45) is 0 Å². The fraction of sp³-hybridized carbons (Fsp3) is 0.227. The number of aromatic nitrogens is 3. The second-order valence-electron chi connectivity index (χ2n) is 7.16. The number of rotatable bonds is 4. The highest BCUT2D eigenvalue weighted by Gasteiger charge is 2.15. The highest BCUT2D eigenvalue weighted by Crippen LogP contribution is 2.19. The highest BCUT2D eigenvalue weighted by molar-refractivity contribution is 5.96. The number of hydrogen-bond donors (Lipinski definition) is 0. The molecule has 136 valence electrons. The zero-order valence-electron chi connectivity index (χ0n) is 15.8. The van der Waals surface area contributed by atoms with Crippen LogP contribution in [0, 0.1) is 0 Å². The third kappa shape index (κ3) is 3.28. The molecule has 0 N–H and O–H groups in total. The molecule has 0 spiro atoms. The Balaban J connectivity index is 1.56. The molecule has 5 nitrogen and oxygen atoms in total. The first-order chi connectivity index (χ1) is 13.0. The van der Waals surface area contributed by atoms with Gasteiger partial charge in [-0.15, -0.1) is 0 Å². The first-order valence-corrected chi connectivity index (χ1v) is 9.09. The van der Waals surface area contributed by atoms with Gasteiger partial charge >= 0.3 is 0 Å². The summed E-state index contributed by atoms with van der Waals surface area (Å²) in [5.41, 5.74) is 2.49. The molecular weight excluding hydrogens is 336 g/mol. The normalized spacial score (nSPS) is 11.4. The van der Waals surface area contributed by atoms with Gasteiger partial charge in [-0.25, -0.2) is 9.67 Å². The van der Waals surface area contributed by atoms with Crippen molar-refractivity contribution in [3.63, 3.8) is 0 Å². The van der Waals surface area contributed by atoms with Gasteiger partial charge in [0.15, 0.2) is 5.65 Å². The first-order valence-electron chi connectivity index (χ1n) is 9.09. The van der Waals surface area contributed by atoms with Crippen molar-refractivity contribution >= 4 is 27.7 Å². The summed E-state index contributed by atoms with van der Waals surface area (Å²) < 4.78 is 1.86. The highest BCUT2D eigenvalue weighted by atomic mass is 16.2. The Bertz CT molecular complexity index is 1130. The molecule has 1 amide bonds. The molecule has 2 aromatic heterocycles. The summed E-state index contributed by atoms with van der Waals surface area (Å²) in [4.78, 5) is 19.0. The van der Waals surface area contributed by atoms with Gasteiger partial charge in [0.25, 0.3) is 5.91 Å². The number of amides is 1. The molecule has 0 saturated carbocycles. The predicted molar refractivity (Wildman–Crippen MR) is 108 cm³/mol. The lowest BCUT2D eigenvalue weighted by Gasteiger charge is -2.17. The molecule has 0 unspecified atom stereocenters. The van der Waals surface area contributed by atoms with Gasteiger partial charge in [0.1, 0.15) is 0 Å². The minimum absolute atomic E-state index is 0.0464. The maximum Gasteiger partial charge on any atom is 0.255 e. The van der Waals surface area contributed by atoms with Crippen molar-refractivity contribution in [2.75, 3.05) is 7.05 Å². The summed E-state index contributed by atoms with van der Waals surface area (Å²) in [7, 11) is 1.82. The summed E-state index contributed by atoms with van der Waals surface area (Å²) >= 11 is 0. The first kappa shape index (κ1) is 17.2. The molecule has 27 heavy (non-hydrogen) atoms. The Morgan fingerprint density at radius 3 is 2.59 bits per heavy atom. The molecule has 0 radical (unpaired) electrons. The van der Waals surface area contributed by atoms with E-state index in [1.807, 2.05) is 29.9 Å². The molecule has 5 heteroatoms. The van der Waals surface area contributed by atoms with Gasteiger partial charge in [0, 0.05) is 31.2 Å². The average molecular weight is 358 g/mol. The number of hydrogen-bond acceptors (Lipinski definition) is 3. The molecule has 0 aliphatic carbocycles. The number of fused-ring (bicyclic) bond motifs is 2. The molecular formula is C22H22N4O. The molecule has 2 heterocycles. The van der Waals surface area contributed by atoms with E-state index in [1.165, 1.54) is 10.8 Å². The number of nitrogens with zero attached hydrogens (tertiary/aromatic N) is 4. The Morgan fingerprint density at radius 1 is 1.04 bits per heavy atom. The number of benzene rings is 2. The molecule has 4 aromatic rings. The van der Waals surface area contributed by atoms with Crippen molar-refractivity contribution in [3.8, 4) is 0 Å². The molecule has 0 aliphatic heterocycles. The van der Waals surface area contributed by atoms with Crippen LogP contribution in [0.2, 0.25) is 0 Å². The predicted octanol–water partition coefficient (Wildman–Crippen LogP) is 4.44. The van der Waals surface area contributed by atoms with Crippen LogP contribution >= 0.6 is 0 Å². The Morgan fingerprint density at radius 2 is 1.81 bits per heavy atom. The van der Waals surface area contributed by atoms with E-state index in [-0.39, 0.29) is 11.9 Å². The Kier molecular flexibility index (Phi) is 4.36. The van der Waals surface area contributed by atoms with Crippen LogP contribution in [0.3, 0.4) is 0 Å². The summed E-state index contributed by atoms with van der Waals surface area (Å²) in [5.74, 6) is -0.0464. The third-order valence-corrected chi connectivity index (χ3v) is 4.75. The lowest BCUT2D eigenvalue weighted by molar-refractivity contribution is 0.0785. The molecule has 0 saturated heterocycles. The number of carbonyl (C=O) groups is 1. The molecule has 0 fully saturated rings. The van der Waals surface area contributed by atoms with Gasteiger partial charge in [-0.05, 0) is 42.3 Å². The molecule has 0 atom stereocenters. The van der Waals surface area contributed by atoms with Crippen molar-refractivity contribution < 1.29 is 4.79 Å². The largest absolute Gasteiger partial charge is 0.337 e. The van der Waals surface area contributed by atoms with Crippen molar-refractivity contribution in [2.45, 2.75) is 26.4 Å². The van der Waals surface area contributed by atoms with Crippen LogP contribution in [0.5, 0.6) is 0 Å². The maximum absolute atomic E-state index is 12.9. The van der Waals surface area contributed by atoms with E-state index in [0.717, 1.165) is 16.6 Å². The molecule has 0 aliphatic rings. The summed E-state index contributed by atoms with van der Waals surface area (Å²) in [5, 5.41) is 7.63.